The number of carbonyl (C=O) groups excluding carboxylic acids is 1. The quantitative estimate of drug-likeness (QED) is 0.801. The highest BCUT2D eigenvalue weighted by molar-refractivity contribution is 7.89. The molecule has 6 nitrogen and oxygen atoms in total. The third kappa shape index (κ3) is 5.08. The van der Waals surface area contributed by atoms with Gasteiger partial charge >= 0.3 is 6.03 Å². The molecule has 0 saturated carbocycles. The Morgan fingerprint density at radius 1 is 1.14 bits per heavy atom. The zero-order valence-corrected chi connectivity index (χ0v) is 16.5. The molecule has 1 atom stereocenters. The third-order valence-corrected chi connectivity index (χ3v) is 6.67. The van der Waals surface area contributed by atoms with Crippen molar-refractivity contribution in [3.63, 3.8) is 0 Å². The monoisotopic (exact) mass is 405 g/mol. The summed E-state index contributed by atoms with van der Waals surface area (Å²) in [7, 11) is -3.66. The Morgan fingerprint density at radius 3 is 2.50 bits per heavy atom. The van der Waals surface area contributed by atoms with E-state index in [0.29, 0.717) is 31.7 Å². The molecule has 28 heavy (non-hydrogen) atoms. The summed E-state index contributed by atoms with van der Waals surface area (Å²) in [4.78, 5) is 12.2. The number of nitrogens with zero attached hydrogens (tertiary/aromatic N) is 1. The largest absolute Gasteiger partial charge is 0.338 e. The number of benzene rings is 2. The minimum atomic E-state index is -3.66. The number of sulfonamides is 1. The molecule has 150 valence electrons. The van der Waals surface area contributed by atoms with E-state index in [1.165, 1.54) is 16.4 Å². The molecule has 0 aliphatic carbocycles. The van der Waals surface area contributed by atoms with Gasteiger partial charge in [0.15, 0.2) is 0 Å². The summed E-state index contributed by atoms with van der Waals surface area (Å²) in [5, 5.41) is 5.58. The van der Waals surface area contributed by atoms with Gasteiger partial charge in [0.25, 0.3) is 0 Å². The van der Waals surface area contributed by atoms with Crippen LogP contribution in [0.25, 0.3) is 0 Å². The van der Waals surface area contributed by atoms with E-state index in [1.807, 2.05) is 31.2 Å². The molecule has 3 rings (SSSR count). The number of nitrogens with one attached hydrogen (secondary N) is 2. The topological polar surface area (TPSA) is 78.5 Å². The van der Waals surface area contributed by atoms with Crippen LogP contribution in [-0.4, -0.2) is 38.4 Å². The molecule has 2 aromatic carbocycles. The predicted molar refractivity (Wildman–Crippen MR) is 106 cm³/mol. The smallest absolute Gasteiger partial charge is 0.319 e. The first kappa shape index (κ1) is 20.3. The Morgan fingerprint density at radius 2 is 1.82 bits per heavy atom. The Balaban J connectivity index is 1.55. The van der Waals surface area contributed by atoms with Crippen molar-refractivity contribution in [3.8, 4) is 0 Å². The molecule has 0 aromatic heterocycles. The zero-order chi connectivity index (χ0) is 20.1. The second-order valence-electron chi connectivity index (χ2n) is 7.03. The zero-order valence-electron chi connectivity index (χ0n) is 15.7. The Labute approximate surface area is 164 Å². The first-order valence-electron chi connectivity index (χ1n) is 9.22. The van der Waals surface area contributed by atoms with Gasteiger partial charge < -0.3 is 10.6 Å². The Hall–Kier alpha value is -2.45. The minimum absolute atomic E-state index is 0.0211. The maximum Gasteiger partial charge on any atom is 0.319 e. The normalized spacial score (nSPS) is 17.9. The maximum atomic E-state index is 13.1. The summed E-state index contributed by atoms with van der Waals surface area (Å²) in [6, 6.07) is 12.0. The van der Waals surface area contributed by atoms with Gasteiger partial charge in [-0.2, -0.15) is 4.31 Å². The standard InChI is InChI=1S/C20H24FN3O3S/c1-15-4-8-18(9-5-15)23-20(25)22-13-16-3-2-12-24(14-16)28(26,27)19-10-6-17(21)7-11-19/h4-11,16H,2-3,12-14H2,1H3,(H2,22,23,25). The van der Waals surface area contributed by atoms with Crippen molar-refractivity contribution in [3.05, 3.63) is 59.9 Å². The molecule has 0 spiro atoms. The van der Waals surface area contributed by atoms with Crippen LogP contribution >= 0.6 is 0 Å². The van der Waals surface area contributed by atoms with Gasteiger partial charge in [-0.25, -0.2) is 17.6 Å². The second kappa shape index (κ2) is 8.70. The summed E-state index contributed by atoms with van der Waals surface area (Å²) in [6.45, 7) is 3.10. The van der Waals surface area contributed by atoms with Crippen LogP contribution in [0.1, 0.15) is 18.4 Å². The fourth-order valence-corrected chi connectivity index (χ4v) is 4.77. The SMILES string of the molecule is Cc1ccc(NC(=O)NCC2CCCN(S(=O)(=O)c3ccc(F)cc3)C2)cc1. The van der Waals surface area contributed by atoms with E-state index < -0.39 is 15.8 Å². The fraction of sp³-hybridized carbons (Fsp3) is 0.350. The molecule has 1 fully saturated rings. The number of hydrogen-bond acceptors (Lipinski definition) is 3. The number of carbonyl (C=O) groups is 1. The van der Waals surface area contributed by atoms with Crippen molar-refractivity contribution < 1.29 is 17.6 Å². The van der Waals surface area contributed by atoms with Crippen molar-refractivity contribution >= 4 is 21.7 Å². The van der Waals surface area contributed by atoms with Gasteiger partial charge in [0, 0.05) is 25.3 Å². The first-order chi connectivity index (χ1) is 13.3. The van der Waals surface area contributed by atoms with Gasteiger partial charge in [-0.3, -0.25) is 0 Å². The lowest BCUT2D eigenvalue weighted by molar-refractivity contribution is 0.238. The molecule has 1 aliphatic heterocycles. The molecule has 1 unspecified atom stereocenters. The molecule has 0 bridgehead atoms. The number of amides is 2. The second-order valence-corrected chi connectivity index (χ2v) is 8.96. The molecular weight excluding hydrogens is 381 g/mol. The van der Waals surface area contributed by atoms with Crippen LogP contribution in [0.5, 0.6) is 0 Å². The summed E-state index contributed by atoms with van der Waals surface area (Å²) >= 11 is 0. The van der Waals surface area contributed by atoms with Crippen LogP contribution in [0, 0.1) is 18.7 Å². The average molecular weight is 405 g/mol. The van der Waals surface area contributed by atoms with Gasteiger partial charge in [-0.1, -0.05) is 17.7 Å². The van der Waals surface area contributed by atoms with Crippen LogP contribution in [0.15, 0.2) is 53.4 Å². The van der Waals surface area contributed by atoms with Gasteiger partial charge in [-0.15, -0.1) is 0 Å². The van der Waals surface area contributed by atoms with Crippen LogP contribution in [0.4, 0.5) is 14.9 Å². The highest BCUT2D eigenvalue weighted by Gasteiger charge is 2.30. The van der Waals surface area contributed by atoms with Crippen molar-refractivity contribution in [2.45, 2.75) is 24.7 Å². The van der Waals surface area contributed by atoms with Crippen LogP contribution in [0.3, 0.4) is 0 Å². The lowest BCUT2D eigenvalue weighted by Crippen LogP contribution is -2.44. The van der Waals surface area contributed by atoms with E-state index in [4.69, 9.17) is 0 Å². The molecule has 2 amide bonds. The van der Waals surface area contributed by atoms with Crippen molar-refractivity contribution in [1.82, 2.24) is 9.62 Å². The van der Waals surface area contributed by atoms with Gasteiger partial charge in [-0.05, 0) is 62.1 Å². The third-order valence-electron chi connectivity index (χ3n) is 4.79. The minimum Gasteiger partial charge on any atom is -0.338 e. The number of anilines is 1. The van der Waals surface area contributed by atoms with E-state index in [9.17, 15) is 17.6 Å². The fourth-order valence-electron chi connectivity index (χ4n) is 3.22. The van der Waals surface area contributed by atoms with Crippen LogP contribution in [-0.2, 0) is 10.0 Å². The number of halogens is 1. The number of hydrogen-bond donors (Lipinski definition) is 2. The lowest BCUT2D eigenvalue weighted by Gasteiger charge is -2.32. The van der Waals surface area contributed by atoms with E-state index in [-0.39, 0.29) is 16.8 Å². The van der Waals surface area contributed by atoms with Crippen molar-refractivity contribution in [2.24, 2.45) is 5.92 Å². The first-order valence-corrected chi connectivity index (χ1v) is 10.7. The molecule has 0 radical (unpaired) electrons. The number of rotatable bonds is 5. The van der Waals surface area contributed by atoms with Crippen molar-refractivity contribution in [1.29, 1.82) is 0 Å². The predicted octanol–water partition coefficient (Wildman–Crippen LogP) is 3.36. The number of aryl methyl sites for hydroxylation is 1. The van der Waals surface area contributed by atoms with Gasteiger partial charge in [0.1, 0.15) is 5.82 Å². The highest BCUT2D eigenvalue weighted by Crippen LogP contribution is 2.23. The summed E-state index contributed by atoms with van der Waals surface area (Å²) in [5.74, 6) is -0.452. The van der Waals surface area contributed by atoms with E-state index in [0.717, 1.165) is 24.1 Å². The molecule has 2 N–H and O–H groups in total. The average Bonchev–Trinajstić information content (AvgIpc) is 2.69. The van der Waals surface area contributed by atoms with Gasteiger partial charge in [0.2, 0.25) is 10.0 Å². The summed E-state index contributed by atoms with van der Waals surface area (Å²) in [5.41, 5.74) is 1.81. The summed E-state index contributed by atoms with van der Waals surface area (Å²) in [6.07, 6.45) is 1.55. The molecule has 1 saturated heterocycles. The van der Waals surface area contributed by atoms with Gasteiger partial charge in [0.05, 0.1) is 4.90 Å². The highest BCUT2D eigenvalue weighted by atomic mass is 32.2. The maximum absolute atomic E-state index is 13.1. The van der Waals surface area contributed by atoms with Crippen molar-refractivity contribution in [2.75, 3.05) is 25.0 Å². The Bertz CT molecular complexity index is 915. The summed E-state index contributed by atoms with van der Waals surface area (Å²) < 4.78 is 40.0. The van der Waals surface area contributed by atoms with E-state index >= 15 is 0 Å². The molecular formula is C20H24FN3O3S. The number of urea groups is 1. The molecule has 2 aromatic rings. The van der Waals surface area contributed by atoms with Crippen LogP contribution in [0.2, 0.25) is 0 Å². The molecule has 8 heteroatoms. The molecule has 1 aliphatic rings. The van der Waals surface area contributed by atoms with E-state index in [2.05, 4.69) is 10.6 Å². The lowest BCUT2D eigenvalue weighted by atomic mass is 10.00. The molecule has 1 heterocycles. The van der Waals surface area contributed by atoms with Crippen LogP contribution < -0.4 is 10.6 Å². The number of piperidine rings is 1. The Kier molecular flexibility index (Phi) is 6.31. The van der Waals surface area contributed by atoms with E-state index in [1.54, 1.807) is 0 Å².